The summed E-state index contributed by atoms with van der Waals surface area (Å²) >= 11 is 2.05. The van der Waals surface area contributed by atoms with Gasteiger partial charge in [0, 0.05) is 0 Å². The van der Waals surface area contributed by atoms with Crippen LogP contribution >= 0.6 is 22.6 Å². The first-order chi connectivity index (χ1) is 8.15. The Balaban J connectivity index is 1.94. The van der Waals surface area contributed by atoms with E-state index in [1.165, 1.54) is 6.21 Å². The van der Waals surface area contributed by atoms with Gasteiger partial charge in [0.2, 0.25) is 0 Å². The first-order valence-electron chi connectivity index (χ1n) is 4.80. The smallest absolute Gasteiger partial charge is 0.307 e. The van der Waals surface area contributed by atoms with Crippen LogP contribution in [0.5, 0.6) is 0 Å². The molecule has 0 aliphatic rings. The van der Waals surface area contributed by atoms with Gasteiger partial charge in [-0.05, 0) is 53.8 Å². The van der Waals surface area contributed by atoms with E-state index in [1.807, 2.05) is 22.6 Å². The Morgan fingerprint density at radius 2 is 2.18 bits per heavy atom. The van der Waals surface area contributed by atoms with Crippen LogP contribution in [-0.2, 0) is 0 Å². The van der Waals surface area contributed by atoms with Gasteiger partial charge in [-0.3, -0.25) is 4.79 Å². The molecule has 0 fully saturated rings. The van der Waals surface area contributed by atoms with Crippen molar-refractivity contribution >= 4 is 34.7 Å². The zero-order chi connectivity index (χ0) is 12.3. The highest BCUT2D eigenvalue weighted by atomic mass is 127. The van der Waals surface area contributed by atoms with E-state index in [0.717, 1.165) is 3.77 Å². The van der Waals surface area contributed by atoms with Gasteiger partial charge < -0.3 is 8.83 Å². The lowest BCUT2D eigenvalue weighted by molar-refractivity contribution is 0.0926. The molecule has 0 spiro atoms. The van der Waals surface area contributed by atoms with Crippen LogP contribution in [0.4, 0.5) is 0 Å². The maximum Gasteiger partial charge on any atom is 0.307 e. The molecule has 0 aromatic carbocycles. The number of amides is 1. The van der Waals surface area contributed by atoms with Gasteiger partial charge in [-0.1, -0.05) is 0 Å². The van der Waals surface area contributed by atoms with Crippen molar-refractivity contribution in [2.45, 2.75) is 6.92 Å². The van der Waals surface area contributed by atoms with Gasteiger partial charge in [0.15, 0.2) is 9.53 Å². The van der Waals surface area contributed by atoms with Gasteiger partial charge >= 0.3 is 5.91 Å². The zero-order valence-electron chi connectivity index (χ0n) is 8.94. The summed E-state index contributed by atoms with van der Waals surface area (Å²) in [7, 11) is 0. The number of aryl methyl sites for hydroxylation is 1. The Kier molecular flexibility index (Phi) is 3.62. The highest BCUT2D eigenvalue weighted by Crippen LogP contribution is 2.08. The fraction of sp³-hybridized carbons (Fsp3) is 0.0909. The van der Waals surface area contributed by atoms with Crippen molar-refractivity contribution in [3.63, 3.8) is 0 Å². The molecule has 0 atom stereocenters. The summed E-state index contributed by atoms with van der Waals surface area (Å²) in [6.45, 7) is 1.77. The van der Waals surface area contributed by atoms with Crippen molar-refractivity contribution in [2.24, 2.45) is 5.10 Å². The summed E-state index contributed by atoms with van der Waals surface area (Å²) in [6, 6.07) is 6.87. The van der Waals surface area contributed by atoms with E-state index >= 15 is 0 Å². The van der Waals surface area contributed by atoms with Crippen molar-refractivity contribution in [1.82, 2.24) is 5.43 Å². The van der Waals surface area contributed by atoms with Crippen LogP contribution < -0.4 is 5.43 Å². The number of furan rings is 2. The highest BCUT2D eigenvalue weighted by Gasteiger charge is 2.08. The maximum absolute atomic E-state index is 11.5. The number of hydrogen-bond donors (Lipinski definition) is 1. The Labute approximate surface area is 111 Å². The number of rotatable bonds is 3. The van der Waals surface area contributed by atoms with Crippen LogP contribution in [0.25, 0.3) is 0 Å². The molecule has 17 heavy (non-hydrogen) atoms. The van der Waals surface area contributed by atoms with E-state index in [4.69, 9.17) is 8.83 Å². The second-order valence-corrected chi connectivity index (χ2v) is 4.31. The van der Waals surface area contributed by atoms with Crippen molar-refractivity contribution in [2.75, 3.05) is 0 Å². The predicted octanol–water partition coefficient (Wildman–Crippen LogP) is 2.55. The summed E-state index contributed by atoms with van der Waals surface area (Å²) in [4.78, 5) is 11.5. The second-order valence-electron chi connectivity index (χ2n) is 3.25. The van der Waals surface area contributed by atoms with Crippen LogP contribution in [0.3, 0.4) is 0 Å². The molecule has 6 heteroatoms. The molecule has 1 N–H and O–H groups in total. The summed E-state index contributed by atoms with van der Waals surface area (Å²) < 4.78 is 11.1. The van der Waals surface area contributed by atoms with Gasteiger partial charge in [0.25, 0.3) is 0 Å². The normalized spacial score (nSPS) is 10.9. The fourth-order valence-corrected chi connectivity index (χ4v) is 1.60. The first kappa shape index (κ1) is 11.9. The third kappa shape index (κ3) is 3.19. The number of hydrogen-bond acceptors (Lipinski definition) is 4. The number of carbonyl (C=O) groups excluding carboxylic acids is 1. The molecule has 0 saturated heterocycles. The molecule has 0 unspecified atom stereocenters. The van der Waals surface area contributed by atoms with Gasteiger partial charge in [0.1, 0.15) is 11.5 Å². The van der Waals surface area contributed by atoms with E-state index < -0.39 is 5.91 Å². The van der Waals surface area contributed by atoms with Gasteiger partial charge in [-0.25, -0.2) is 5.43 Å². The second kappa shape index (κ2) is 5.17. The van der Waals surface area contributed by atoms with Crippen molar-refractivity contribution in [3.05, 3.63) is 45.3 Å². The third-order valence-electron chi connectivity index (χ3n) is 1.92. The molecule has 2 aromatic heterocycles. The van der Waals surface area contributed by atoms with E-state index in [0.29, 0.717) is 11.5 Å². The fourth-order valence-electron chi connectivity index (χ4n) is 1.16. The molecule has 0 radical (unpaired) electrons. The van der Waals surface area contributed by atoms with E-state index in [-0.39, 0.29) is 5.76 Å². The van der Waals surface area contributed by atoms with E-state index in [9.17, 15) is 4.79 Å². The summed E-state index contributed by atoms with van der Waals surface area (Å²) in [5.41, 5.74) is 2.34. The Morgan fingerprint density at radius 3 is 2.76 bits per heavy atom. The lowest BCUT2D eigenvalue weighted by Gasteiger charge is -1.94. The Hall–Kier alpha value is -1.57. The average molecular weight is 344 g/mol. The standard InChI is InChI=1S/C11H9IN2O3/c1-7-2-4-9(16-7)11(15)14-13-6-8-3-5-10(12)17-8/h2-6H,1H3,(H,14,15). The molecule has 0 aliphatic carbocycles. The molecule has 5 nitrogen and oxygen atoms in total. The average Bonchev–Trinajstić information content (AvgIpc) is 2.88. The summed E-state index contributed by atoms with van der Waals surface area (Å²) in [5.74, 6) is 1.09. The molecular weight excluding hydrogens is 335 g/mol. The van der Waals surface area contributed by atoms with Crippen LogP contribution in [0.2, 0.25) is 0 Å². The zero-order valence-corrected chi connectivity index (χ0v) is 11.1. The van der Waals surface area contributed by atoms with Gasteiger partial charge in [-0.15, -0.1) is 0 Å². The number of carbonyl (C=O) groups is 1. The topological polar surface area (TPSA) is 67.7 Å². The molecular formula is C11H9IN2O3. The lowest BCUT2D eigenvalue weighted by atomic mass is 10.4. The summed E-state index contributed by atoms with van der Waals surface area (Å²) in [6.07, 6.45) is 1.43. The van der Waals surface area contributed by atoms with Crippen LogP contribution in [0, 0.1) is 10.7 Å². The third-order valence-corrected chi connectivity index (χ3v) is 2.50. The number of nitrogens with zero attached hydrogens (tertiary/aromatic N) is 1. The Bertz CT molecular complexity index is 557. The number of halogens is 1. The maximum atomic E-state index is 11.5. The largest absolute Gasteiger partial charge is 0.456 e. The van der Waals surface area contributed by atoms with Crippen molar-refractivity contribution in [3.8, 4) is 0 Å². The van der Waals surface area contributed by atoms with Crippen LogP contribution in [0.15, 0.2) is 38.2 Å². The lowest BCUT2D eigenvalue weighted by Crippen LogP contribution is -2.16. The predicted molar refractivity (Wildman–Crippen MR) is 69.9 cm³/mol. The molecule has 0 bridgehead atoms. The molecule has 2 heterocycles. The first-order valence-corrected chi connectivity index (χ1v) is 5.88. The van der Waals surface area contributed by atoms with Gasteiger partial charge in [0.05, 0.1) is 6.21 Å². The minimum Gasteiger partial charge on any atom is -0.456 e. The van der Waals surface area contributed by atoms with E-state index in [1.54, 1.807) is 31.2 Å². The molecule has 2 rings (SSSR count). The molecule has 88 valence electrons. The summed E-state index contributed by atoms with van der Waals surface area (Å²) in [5, 5.41) is 3.76. The monoisotopic (exact) mass is 344 g/mol. The molecule has 0 saturated carbocycles. The molecule has 2 aromatic rings. The minimum absolute atomic E-state index is 0.230. The molecule has 1 amide bonds. The van der Waals surface area contributed by atoms with Crippen LogP contribution in [-0.4, -0.2) is 12.1 Å². The highest BCUT2D eigenvalue weighted by molar-refractivity contribution is 14.1. The molecule has 0 aliphatic heterocycles. The van der Waals surface area contributed by atoms with E-state index in [2.05, 4.69) is 10.5 Å². The SMILES string of the molecule is Cc1ccc(C(=O)NN=Cc2ccc(I)o2)o1. The Morgan fingerprint density at radius 1 is 1.35 bits per heavy atom. The van der Waals surface area contributed by atoms with Crippen LogP contribution in [0.1, 0.15) is 22.1 Å². The number of hydrazone groups is 1. The number of nitrogens with one attached hydrogen (secondary N) is 1. The van der Waals surface area contributed by atoms with Crippen molar-refractivity contribution in [1.29, 1.82) is 0 Å². The van der Waals surface area contributed by atoms with Crippen molar-refractivity contribution < 1.29 is 13.6 Å². The minimum atomic E-state index is -0.393. The quantitative estimate of drug-likeness (QED) is 0.529. The van der Waals surface area contributed by atoms with Gasteiger partial charge in [-0.2, -0.15) is 5.10 Å².